The fourth-order valence-electron chi connectivity index (χ4n) is 3.58. The first-order valence-corrected chi connectivity index (χ1v) is 9.78. The van der Waals surface area contributed by atoms with Crippen LogP contribution in [0.2, 0.25) is 0 Å². The minimum absolute atomic E-state index is 0. The number of thioether (sulfide) groups is 1. The van der Waals surface area contributed by atoms with E-state index in [4.69, 9.17) is 4.74 Å². The first-order valence-electron chi connectivity index (χ1n) is 8.80. The molecule has 1 aromatic heterocycles. The maximum absolute atomic E-state index is 12.3. The Bertz CT molecular complexity index is 671. The maximum Gasteiger partial charge on any atom is 0.316 e. The molecule has 25 heavy (non-hydrogen) atoms. The van der Waals surface area contributed by atoms with Crippen LogP contribution in [0.15, 0.2) is 29.4 Å². The summed E-state index contributed by atoms with van der Waals surface area (Å²) < 4.78 is 5.83. The summed E-state index contributed by atoms with van der Waals surface area (Å²) in [5.74, 6) is 1.85. The number of ether oxygens (including phenoxy) is 1. The number of nitrogens with zero attached hydrogens (tertiary/aromatic N) is 1. The van der Waals surface area contributed by atoms with Crippen molar-refractivity contribution >= 4 is 41.2 Å². The predicted molar refractivity (Wildman–Crippen MR) is 105 cm³/mol. The standard InChI is InChI=1S/C19H26N2O2S.ClH/c1-12(2)14-9-8-13(3)10-17(14)23-18(22)11-24-19-20-15-6-4-5-7-16(15)21-19;/h4-7,12-14,17H,8-11H2,1-3H3,(H,20,21);1H. The Morgan fingerprint density at radius 2 is 2.12 bits per heavy atom. The van der Waals surface area contributed by atoms with Crippen molar-refractivity contribution in [2.24, 2.45) is 17.8 Å². The summed E-state index contributed by atoms with van der Waals surface area (Å²) in [6.45, 7) is 6.70. The number of halogens is 1. The van der Waals surface area contributed by atoms with E-state index in [2.05, 4.69) is 30.7 Å². The molecule has 138 valence electrons. The van der Waals surface area contributed by atoms with Gasteiger partial charge in [-0.2, -0.15) is 0 Å². The van der Waals surface area contributed by atoms with Gasteiger partial charge in [0.15, 0.2) is 5.16 Å². The van der Waals surface area contributed by atoms with Crippen LogP contribution in [0.4, 0.5) is 0 Å². The molecular weight excluding hydrogens is 356 g/mol. The minimum atomic E-state index is -0.134. The lowest BCUT2D eigenvalue weighted by molar-refractivity contribution is -0.152. The molecule has 0 aliphatic heterocycles. The second-order valence-electron chi connectivity index (χ2n) is 7.20. The van der Waals surface area contributed by atoms with Crippen LogP contribution in [0.1, 0.15) is 40.0 Å². The summed E-state index contributed by atoms with van der Waals surface area (Å²) in [5, 5.41) is 0.769. The van der Waals surface area contributed by atoms with E-state index in [0.717, 1.165) is 29.0 Å². The third kappa shape index (κ3) is 5.14. The Balaban J connectivity index is 0.00000225. The van der Waals surface area contributed by atoms with Gasteiger partial charge in [0.2, 0.25) is 0 Å². The van der Waals surface area contributed by atoms with Crippen molar-refractivity contribution in [2.45, 2.75) is 51.3 Å². The van der Waals surface area contributed by atoms with Gasteiger partial charge in [-0.25, -0.2) is 4.98 Å². The van der Waals surface area contributed by atoms with E-state index in [1.807, 2.05) is 24.3 Å². The first-order chi connectivity index (χ1) is 11.5. The van der Waals surface area contributed by atoms with E-state index in [1.165, 1.54) is 18.2 Å². The molecule has 1 aromatic carbocycles. The quantitative estimate of drug-likeness (QED) is 0.578. The fourth-order valence-corrected chi connectivity index (χ4v) is 4.25. The zero-order valence-corrected chi connectivity index (χ0v) is 16.7. The van der Waals surface area contributed by atoms with Crippen molar-refractivity contribution in [3.05, 3.63) is 24.3 Å². The highest BCUT2D eigenvalue weighted by Gasteiger charge is 2.33. The van der Waals surface area contributed by atoms with Crippen LogP contribution in [0.25, 0.3) is 11.0 Å². The predicted octanol–water partition coefficient (Wildman–Crippen LogP) is 5.08. The molecule has 0 radical (unpaired) electrons. The van der Waals surface area contributed by atoms with Crippen molar-refractivity contribution in [3.63, 3.8) is 0 Å². The highest BCUT2D eigenvalue weighted by atomic mass is 35.5. The molecule has 3 rings (SSSR count). The zero-order chi connectivity index (χ0) is 17.1. The number of nitrogens with one attached hydrogen (secondary N) is 1. The molecule has 0 amide bonds. The molecular formula is C19H27ClN2O2S. The largest absolute Gasteiger partial charge is 0.461 e. The van der Waals surface area contributed by atoms with Crippen molar-refractivity contribution in [1.82, 2.24) is 9.97 Å². The van der Waals surface area contributed by atoms with E-state index in [0.29, 0.717) is 23.5 Å². The van der Waals surface area contributed by atoms with Crippen LogP contribution in [0.3, 0.4) is 0 Å². The van der Waals surface area contributed by atoms with Gasteiger partial charge in [-0.15, -0.1) is 12.4 Å². The van der Waals surface area contributed by atoms with Crippen LogP contribution in [0, 0.1) is 17.8 Å². The molecule has 0 spiro atoms. The minimum Gasteiger partial charge on any atom is -0.461 e. The number of benzene rings is 1. The molecule has 6 heteroatoms. The van der Waals surface area contributed by atoms with Crippen LogP contribution >= 0.6 is 24.2 Å². The van der Waals surface area contributed by atoms with E-state index in [1.54, 1.807) is 0 Å². The van der Waals surface area contributed by atoms with Gasteiger partial charge in [-0.05, 0) is 42.7 Å². The van der Waals surface area contributed by atoms with Crippen LogP contribution in [-0.2, 0) is 9.53 Å². The van der Waals surface area contributed by atoms with E-state index < -0.39 is 0 Å². The molecule has 1 aliphatic carbocycles. The summed E-state index contributed by atoms with van der Waals surface area (Å²) in [4.78, 5) is 20.0. The highest BCUT2D eigenvalue weighted by Crippen LogP contribution is 2.35. The zero-order valence-electron chi connectivity index (χ0n) is 15.0. The summed E-state index contributed by atoms with van der Waals surface area (Å²) in [7, 11) is 0. The van der Waals surface area contributed by atoms with E-state index in [-0.39, 0.29) is 24.5 Å². The van der Waals surface area contributed by atoms with Gasteiger partial charge in [0, 0.05) is 0 Å². The molecule has 2 aromatic rings. The lowest BCUT2D eigenvalue weighted by atomic mass is 9.75. The summed E-state index contributed by atoms with van der Waals surface area (Å²) in [6.07, 6.45) is 3.46. The molecule has 3 unspecified atom stereocenters. The Morgan fingerprint density at radius 3 is 2.84 bits per heavy atom. The molecule has 1 heterocycles. The van der Waals surface area contributed by atoms with Crippen LogP contribution in [-0.4, -0.2) is 27.8 Å². The number of esters is 1. The number of H-pyrrole nitrogens is 1. The smallest absolute Gasteiger partial charge is 0.316 e. The van der Waals surface area contributed by atoms with Gasteiger partial charge in [0.25, 0.3) is 0 Å². The molecule has 4 nitrogen and oxygen atoms in total. The van der Waals surface area contributed by atoms with Crippen LogP contribution in [0.5, 0.6) is 0 Å². The average Bonchev–Trinajstić information content (AvgIpc) is 2.95. The molecule has 0 saturated heterocycles. The third-order valence-electron chi connectivity index (χ3n) is 4.94. The number of carbonyl (C=O) groups is 1. The lowest BCUT2D eigenvalue weighted by Crippen LogP contribution is -2.36. The molecule has 1 fully saturated rings. The van der Waals surface area contributed by atoms with Gasteiger partial charge in [0.1, 0.15) is 6.10 Å². The molecule has 3 atom stereocenters. The van der Waals surface area contributed by atoms with Gasteiger partial charge in [-0.3, -0.25) is 4.79 Å². The molecule has 1 aliphatic rings. The number of imidazole rings is 1. The van der Waals surface area contributed by atoms with Gasteiger partial charge in [0.05, 0.1) is 16.8 Å². The summed E-state index contributed by atoms with van der Waals surface area (Å²) >= 11 is 1.41. The number of aromatic amines is 1. The van der Waals surface area contributed by atoms with Gasteiger partial charge >= 0.3 is 5.97 Å². The second-order valence-corrected chi connectivity index (χ2v) is 8.17. The Hall–Kier alpha value is -1.20. The molecule has 0 bridgehead atoms. The third-order valence-corrected chi connectivity index (χ3v) is 5.79. The van der Waals surface area contributed by atoms with Crippen molar-refractivity contribution in [1.29, 1.82) is 0 Å². The van der Waals surface area contributed by atoms with Gasteiger partial charge < -0.3 is 9.72 Å². The number of carbonyl (C=O) groups excluding carboxylic acids is 1. The second kappa shape index (κ2) is 8.95. The number of para-hydroxylation sites is 2. The SMILES string of the molecule is CC1CCC(C(C)C)C(OC(=O)CSc2nc3ccccc3[nH]2)C1.Cl. The normalized spacial score (nSPS) is 23.4. The lowest BCUT2D eigenvalue weighted by Gasteiger charge is -2.36. The number of hydrogen-bond acceptors (Lipinski definition) is 4. The number of rotatable bonds is 5. The number of hydrogen-bond donors (Lipinski definition) is 1. The first kappa shape index (κ1) is 20.1. The van der Waals surface area contributed by atoms with Crippen molar-refractivity contribution in [3.8, 4) is 0 Å². The number of fused-ring (bicyclic) bond motifs is 1. The number of aromatic nitrogens is 2. The maximum atomic E-state index is 12.3. The van der Waals surface area contributed by atoms with Crippen molar-refractivity contribution in [2.75, 3.05) is 5.75 Å². The summed E-state index contributed by atoms with van der Waals surface area (Å²) in [5.41, 5.74) is 1.92. The van der Waals surface area contributed by atoms with E-state index >= 15 is 0 Å². The molecule has 1 saturated carbocycles. The molecule has 1 N–H and O–H groups in total. The van der Waals surface area contributed by atoms with E-state index in [9.17, 15) is 4.79 Å². The van der Waals surface area contributed by atoms with Gasteiger partial charge in [-0.1, -0.05) is 51.1 Å². The topological polar surface area (TPSA) is 55.0 Å². The highest BCUT2D eigenvalue weighted by molar-refractivity contribution is 7.99. The van der Waals surface area contributed by atoms with Crippen LogP contribution < -0.4 is 0 Å². The monoisotopic (exact) mass is 382 g/mol. The Morgan fingerprint density at radius 1 is 1.36 bits per heavy atom. The Labute approximate surface area is 159 Å². The summed E-state index contributed by atoms with van der Waals surface area (Å²) in [6, 6.07) is 7.88. The van der Waals surface area contributed by atoms with Crippen molar-refractivity contribution < 1.29 is 9.53 Å². The average molecular weight is 383 g/mol. The Kier molecular flexibility index (Phi) is 7.20. The fraction of sp³-hybridized carbons (Fsp3) is 0.579.